The second-order valence-electron chi connectivity index (χ2n) is 5.92. The fourth-order valence-electron chi connectivity index (χ4n) is 3.26. The Balaban J connectivity index is 1.61. The van der Waals surface area contributed by atoms with Crippen LogP contribution in [0.5, 0.6) is 5.75 Å². The summed E-state index contributed by atoms with van der Waals surface area (Å²) in [6, 6.07) is 3.59. The van der Waals surface area contributed by atoms with E-state index in [9.17, 15) is 4.79 Å². The Kier molecular flexibility index (Phi) is 3.85. The summed E-state index contributed by atoms with van der Waals surface area (Å²) in [7, 11) is 3.24. The van der Waals surface area contributed by atoms with Crippen LogP contribution in [0.1, 0.15) is 22.1 Å². The smallest absolute Gasteiger partial charge is 0.272 e. The van der Waals surface area contributed by atoms with Gasteiger partial charge in [0.05, 0.1) is 37.2 Å². The van der Waals surface area contributed by atoms with Crippen LogP contribution in [0.2, 0.25) is 0 Å². The molecule has 1 fully saturated rings. The summed E-state index contributed by atoms with van der Waals surface area (Å²) in [4.78, 5) is 19.1. The van der Waals surface area contributed by atoms with E-state index in [4.69, 9.17) is 9.47 Å². The Morgan fingerprint density at radius 1 is 1.32 bits per heavy atom. The van der Waals surface area contributed by atoms with Crippen LogP contribution in [0.15, 0.2) is 30.7 Å². The Hall–Kier alpha value is -2.94. The molecule has 9 heteroatoms. The molecule has 9 nitrogen and oxygen atoms in total. The predicted octanol–water partition coefficient (Wildman–Crippen LogP) is 0.716. The molecule has 0 aliphatic carbocycles. The first-order chi connectivity index (χ1) is 12.2. The van der Waals surface area contributed by atoms with Crippen LogP contribution >= 0.6 is 0 Å². The number of rotatable bonds is 4. The third kappa shape index (κ3) is 2.62. The van der Waals surface area contributed by atoms with Gasteiger partial charge in [0, 0.05) is 32.5 Å². The number of nitrogens with zero attached hydrogens (tertiary/aromatic N) is 5. The molecule has 4 rings (SSSR count). The minimum atomic E-state index is -0.117. The van der Waals surface area contributed by atoms with Gasteiger partial charge in [0.2, 0.25) is 0 Å². The number of H-pyrrole nitrogens is 1. The van der Waals surface area contributed by atoms with Gasteiger partial charge < -0.3 is 14.4 Å². The Morgan fingerprint density at radius 2 is 2.20 bits per heavy atom. The van der Waals surface area contributed by atoms with Crippen LogP contribution in [0.4, 0.5) is 0 Å². The second kappa shape index (κ2) is 6.17. The highest BCUT2D eigenvalue weighted by Crippen LogP contribution is 2.29. The van der Waals surface area contributed by atoms with Gasteiger partial charge >= 0.3 is 0 Å². The van der Waals surface area contributed by atoms with Crippen molar-refractivity contribution in [2.24, 2.45) is 0 Å². The Labute approximate surface area is 143 Å². The van der Waals surface area contributed by atoms with Crippen molar-refractivity contribution in [2.75, 3.05) is 27.3 Å². The summed E-state index contributed by atoms with van der Waals surface area (Å²) >= 11 is 0. The molecule has 1 amide bonds. The van der Waals surface area contributed by atoms with E-state index in [-0.39, 0.29) is 17.9 Å². The number of carbonyl (C=O) groups is 1. The lowest BCUT2D eigenvalue weighted by molar-refractivity contribution is 0.0708. The van der Waals surface area contributed by atoms with Gasteiger partial charge in [-0.05, 0) is 6.07 Å². The number of hydrogen-bond donors (Lipinski definition) is 1. The largest absolute Gasteiger partial charge is 0.497 e. The van der Waals surface area contributed by atoms with Gasteiger partial charge in [0.15, 0.2) is 0 Å². The van der Waals surface area contributed by atoms with Gasteiger partial charge in [-0.1, -0.05) is 0 Å². The second-order valence-corrected chi connectivity index (χ2v) is 5.92. The van der Waals surface area contributed by atoms with Crippen molar-refractivity contribution in [3.05, 3.63) is 42.1 Å². The molecule has 1 saturated heterocycles. The van der Waals surface area contributed by atoms with Crippen LogP contribution in [0, 0.1) is 0 Å². The zero-order valence-corrected chi connectivity index (χ0v) is 13.9. The van der Waals surface area contributed by atoms with E-state index < -0.39 is 0 Å². The van der Waals surface area contributed by atoms with Crippen molar-refractivity contribution in [3.8, 4) is 5.75 Å². The van der Waals surface area contributed by atoms with E-state index >= 15 is 0 Å². The van der Waals surface area contributed by atoms with Crippen LogP contribution in [0.3, 0.4) is 0 Å². The van der Waals surface area contributed by atoms with E-state index in [1.807, 2.05) is 0 Å². The molecule has 1 aliphatic rings. The number of imidazole rings is 1. The Bertz CT molecular complexity index is 891. The lowest BCUT2D eigenvalue weighted by Gasteiger charge is -2.15. The molecule has 0 spiro atoms. The number of amides is 1. The number of pyridine rings is 1. The van der Waals surface area contributed by atoms with Gasteiger partial charge in [-0.25, -0.2) is 4.98 Å². The molecule has 0 radical (unpaired) electrons. The number of aromatic amines is 1. The monoisotopic (exact) mass is 342 g/mol. The van der Waals surface area contributed by atoms with Crippen LogP contribution < -0.4 is 4.74 Å². The van der Waals surface area contributed by atoms with Gasteiger partial charge in [-0.2, -0.15) is 15.4 Å². The molecular formula is C16H18N6O3. The van der Waals surface area contributed by atoms with Crippen molar-refractivity contribution in [1.82, 2.24) is 29.7 Å². The minimum Gasteiger partial charge on any atom is -0.497 e. The number of ether oxygens (including phenoxy) is 2. The summed E-state index contributed by atoms with van der Waals surface area (Å²) in [6.07, 6.45) is 4.93. The molecule has 1 aliphatic heterocycles. The Morgan fingerprint density at radius 3 is 2.92 bits per heavy atom. The fourth-order valence-corrected chi connectivity index (χ4v) is 3.26. The number of nitrogens with one attached hydrogen (secondary N) is 1. The quantitative estimate of drug-likeness (QED) is 0.750. The standard InChI is InChI=1S/C16H18N6O3/c1-24-10-3-4-22-13(7-17-15(22)5-10)16(23)21-8-11(14(9-21)25-2)12-6-18-20-19-12/h3-7,11,14H,8-9H2,1-2H3,(H,18,19,20)/t11-,14+/m0/s1. The first-order valence-electron chi connectivity index (χ1n) is 7.90. The van der Waals surface area contributed by atoms with Crippen molar-refractivity contribution in [3.63, 3.8) is 0 Å². The van der Waals surface area contributed by atoms with Gasteiger partial charge in [0.1, 0.15) is 17.1 Å². The van der Waals surface area contributed by atoms with E-state index in [0.717, 1.165) is 5.69 Å². The normalized spacial score (nSPS) is 20.3. The molecule has 130 valence electrons. The van der Waals surface area contributed by atoms with Gasteiger partial charge in [0.25, 0.3) is 5.91 Å². The SMILES string of the molecule is COc1ccn2c(C(=O)N3C[C@@H](OC)[C@H](c4cn[nH]n4)C3)cnc2c1. The number of carbonyl (C=O) groups excluding carboxylic acids is 1. The van der Waals surface area contributed by atoms with E-state index in [0.29, 0.717) is 30.2 Å². The molecule has 0 bridgehead atoms. The van der Waals surface area contributed by atoms with Crippen molar-refractivity contribution >= 4 is 11.6 Å². The molecule has 4 heterocycles. The van der Waals surface area contributed by atoms with E-state index in [1.54, 1.807) is 54.2 Å². The maximum Gasteiger partial charge on any atom is 0.272 e. The summed E-state index contributed by atoms with van der Waals surface area (Å²) in [5.41, 5.74) is 1.97. The first kappa shape index (κ1) is 15.6. The number of fused-ring (bicyclic) bond motifs is 1. The molecule has 25 heavy (non-hydrogen) atoms. The summed E-state index contributed by atoms with van der Waals surface area (Å²) in [6.45, 7) is 1.02. The average Bonchev–Trinajstić information content (AvgIpc) is 3.38. The number of methoxy groups -OCH3 is 2. The summed E-state index contributed by atoms with van der Waals surface area (Å²) in [5.74, 6) is 0.599. The van der Waals surface area contributed by atoms with E-state index in [1.165, 1.54) is 0 Å². The van der Waals surface area contributed by atoms with Crippen LogP contribution in [-0.2, 0) is 4.74 Å². The molecular weight excluding hydrogens is 324 g/mol. The molecule has 2 atom stereocenters. The topological polar surface area (TPSA) is 97.6 Å². The van der Waals surface area contributed by atoms with Gasteiger partial charge in [-0.3, -0.25) is 9.20 Å². The highest BCUT2D eigenvalue weighted by molar-refractivity contribution is 5.93. The van der Waals surface area contributed by atoms with E-state index in [2.05, 4.69) is 20.4 Å². The number of hydrogen-bond acceptors (Lipinski definition) is 6. The maximum atomic E-state index is 13.0. The van der Waals surface area contributed by atoms with Crippen LogP contribution in [0.25, 0.3) is 5.65 Å². The lowest BCUT2D eigenvalue weighted by atomic mass is 10.0. The third-order valence-electron chi connectivity index (χ3n) is 4.61. The molecule has 3 aromatic heterocycles. The highest BCUT2D eigenvalue weighted by atomic mass is 16.5. The van der Waals surface area contributed by atoms with Crippen LogP contribution in [-0.4, -0.2) is 69.0 Å². The number of likely N-dealkylation sites (tertiary alicyclic amines) is 1. The fraction of sp³-hybridized carbons (Fsp3) is 0.375. The average molecular weight is 342 g/mol. The van der Waals surface area contributed by atoms with Crippen molar-refractivity contribution < 1.29 is 14.3 Å². The first-order valence-corrected chi connectivity index (χ1v) is 7.90. The predicted molar refractivity (Wildman–Crippen MR) is 87.6 cm³/mol. The minimum absolute atomic E-state index is 0.00743. The summed E-state index contributed by atoms with van der Waals surface area (Å²) in [5, 5.41) is 10.6. The zero-order valence-electron chi connectivity index (χ0n) is 13.9. The molecule has 3 aromatic rings. The molecule has 0 unspecified atom stereocenters. The molecule has 0 saturated carbocycles. The molecule has 0 aromatic carbocycles. The zero-order chi connectivity index (χ0) is 17.4. The highest BCUT2D eigenvalue weighted by Gasteiger charge is 2.38. The molecule has 1 N–H and O–H groups in total. The maximum absolute atomic E-state index is 13.0. The van der Waals surface area contributed by atoms with Crippen molar-refractivity contribution in [2.45, 2.75) is 12.0 Å². The lowest BCUT2D eigenvalue weighted by Crippen LogP contribution is -2.30. The van der Waals surface area contributed by atoms with Crippen molar-refractivity contribution in [1.29, 1.82) is 0 Å². The summed E-state index contributed by atoms with van der Waals surface area (Å²) < 4.78 is 12.5. The van der Waals surface area contributed by atoms with Gasteiger partial charge in [-0.15, -0.1) is 0 Å². The third-order valence-corrected chi connectivity index (χ3v) is 4.61. The number of aromatic nitrogens is 5.